The number of methoxy groups -OCH3 is 1. The molecule has 0 aliphatic carbocycles. The number of carbonyl (C=O) groups excluding carboxylic acids is 1. The van der Waals surface area contributed by atoms with Crippen LogP contribution in [0.5, 0.6) is 5.88 Å². The molecule has 0 unspecified atom stereocenters. The van der Waals surface area contributed by atoms with Gasteiger partial charge in [-0.2, -0.15) is 0 Å². The third kappa shape index (κ3) is 3.92. The van der Waals surface area contributed by atoms with Gasteiger partial charge in [0.1, 0.15) is 0 Å². The van der Waals surface area contributed by atoms with Crippen molar-refractivity contribution in [1.82, 2.24) is 9.97 Å². The highest BCUT2D eigenvalue weighted by Crippen LogP contribution is 2.20. The Morgan fingerprint density at radius 1 is 1.29 bits per heavy atom. The van der Waals surface area contributed by atoms with Crippen LogP contribution in [-0.4, -0.2) is 37.1 Å². The standard InChI is InChI=1S/C15H18N4O2/c1-19(2)15-12(7-5-9-16-15)18-13(20)10-11-6-4-8-14(17-11)21-3/h4-9H,10H2,1-3H3,(H,18,20). The molecule has 6 nitrogen and oxygen atoms in total. The summed E-state index contributed by atoms with van der Waals surface area (Å²) in [5, 5.41) is 2.85. The predicted molar refractivity (Wildman–Crippen MR) is 81.7 cm³/mol. The van der Waals surface area contributed by atoms with E-state index in [2.05, 4.69) is 15.3 Å². The summed E-state index contributed by atoms with van der Waals surface area (Å²) >= 11 is 0. The molecule has 0 atom stereocenters. The molecule has 0 spiro atoms. The summed E-state index contributed by atoms with van der Waals surface area (Å²) < 4.78 is 5.05. The molecule has 21 heavy (non-hydrogen) atoms. The van der Waals surface area contributed by atoms with E-state index in [4.69, 9.17) is 4.74 Å². The summed E-state index contributed by atoms with van der Waals surface area (Å²) in [6.45, 7) is 0. The molecule has 0 fully saturated rings. The van der Waals surface area contributed by atoms with Crippen molar-refractivity contribution in [3.05, 3.63) is 42.2 Å². The number of hydrogen-bond donors (Lipinski definition) is 1. The van der Waals surface area contributed by atoms with Gasteiger partial charge in [-0.3, -0.25) is 4.79 Å². The molecule has 0 aliphatic heterocycles. The Bertz CT molecular complexity index is 629. The molecular weight excluding hydrogens is 268 g/mol. The van der Waals surface area contributed by atoms with Gasteiger partial charge in [-0.25, -0.2) is 9.97 Å². The number of hydrogen-bond acceptors (Lipinski definition) is 5. The summed E-state index contributed by atoms with van der Waals surface area (Å²) in [5.74, 6) is 1.06. The third-order valence-electron chi connectivity index (χ3n) is 2.82. The number of nitrogens with one attached hydrogen (secondary N) is 1. The van der Waals surface area contributed by atoms with E-state index in [0.717, 1.165) is 0 Å². The van der Waals surface area contributed by atoms with Crippen LogP contribution in [0.2, 0.25) is 0 Å². The monoisotopic (exact) mass is 286 g/mol. The van der Waals surface area contributed by atoms with Crippen LogP contribution in [0.15, 0.2) is 36.5 Å². The van der Waals surface area contributed by atoms with Crippen LogP contribution in [-0.2, 0) is 11.2 Å². The van der Waals surface area contributed by atoms with Gasteiger partial charge in [-0.15, -0.1) is 0 Å². The third-order valence-corrected chi connectivity index (χ3v) is 2.82. The van der Waals surface area contributed by atoms with Gasteiger partial charge in [0.05, 0.1) is 24.9 Å². The lowest BCUT2D eigenvalue weighted by atomic mass is 10.2. The van der Waals surface area contributed by atoms with Crippen molar-refractivity contribution in [2.24, 2.45) is 0 Å². The summed E-state index contributed by atoms with van der Waals surface area (Å²) in [6, 6.07) is 8.94. The molecule has 6 heteroatoms. The lowest BCUT2D eigenvalue weighted by Crippen LogP contribution is -2.19. The first kappa shape index (κ1) is 14.8. The Morgan fingerprint density at radius 3 is 2.81 bits per heavy atom. The van der Waals surface area contributed by atoms with Crippen LogP contribution in [0.25, 0.3) is 0 Å². The molecule has 0 bridgehead atoms. The van der Waals surface area contributed by atoms with Gasteiger partial charge in [0.15, 0.2) is 5.82 Å². The maximum Gasteiger partial charge on any atom is 0.230 e. The van der Waals surface area contributed by atoms with Crippen LogP contribution >= 0.6 is 0 Å². The number of anilines is 2. The van der Waals surface area contributed by atoms with Gasteiger partial charge in [0, 0.05) is 26.4 Å². The second-order valence-corrected chi connectivity index (χ2v) is 4.67. The van der Waals surface area contributed by atoms with E-state index in [1.54, 1.807) is 31.5 Å². The highest BCUT2D eigenvalue weighted by molar-refractivity contribution is 5.94. The maximum absolute atomic E-state index is 12.1. The topological polar surface area (TPSA) is 67.3 Å². The Hall–Kier alpha value is -2.63. The average molecular weight is 286 g/mol. The largest absolute Gasteiger partial charge is 0.481 e. The minimum absolute atomic E-state index is 0.146. The molecule has 2 heterocycles. The van der Waals surface area contributed by atoms with Gasteiger partial charge < -0.3 is 15.0 Å². The number of pyridine rings is 2. The van der Waals surface area contributed by atoms with E-state index in [-0.39, 0.29) is 12.3 Å². The van der Waals surface area contributed by atoms with Crippen molar-refractivity contribution in [2.75, 3.05) is 31.4 Å². The van der Waals surface area contributed by atoms with Gasteiger partial charge in [-0.1, -0.05) is 6.07 Å². The molecule has 0 radical (unpaired) electrons. The van der Waals surface area contributed by atoms with Gasteiger partial charge in [0.2, 0.25) is 11.8 Å². The number of rotatable bonds is 5. The van der Waals surface area contributed by atoms with Crippen LogP contribution < -0.4 is 15.0 Å². The zero-order valence-corrected chi connectivity index (χ0v) is 12.3. The quantitative estimate of drug-likeness (QED) is 0.906. The van der Waals surface area contributed by atoms with E-state index < -0.39 is 0 Å². The second kappa shape index (κ2) is 6.69. The van der Waals surface area contributed by atoms with Crippen molar-refractivity contribution in [2.45, 2.75) is 6.42 Å². The van der Waals surface area contributed by atoms with Gasteiger partial charge in [-0.05, 0) is 18.2 Å². The number of carbonyl (C=O) groups is 1. The lowest BCUT2D eigenvalue weighted by molar-refractivity contribution is -0.115. The molecular formula is C15H18N4O2. The fourth-order valence-electron chi connectivity index (χ4n) is 1.88. The molecule has 1 amide bonds. The first-order valence-corrected chi connectivity index (χ1v) is 6.52. The maximum atomic E-state index is 12.1. The average Bonchev–Trinajstić information content (AvgIpc) is 2.47. The number of ether oxygens (including phenoxy) is 1. The number of nitrogens with zero attached hydrogens (tertiary/aromatic N) is 3. The lowest BCUT2D eigenvalue weighted by Gasteiger charge is -2.16. The first-order chi connectivity index (χ1) is 10.1. The Balaban J connectivity index is 2.08. The SMILES string of the molecule is COc1cccc(CC(=O)Nc2cccnc2N(C)C)n1. The van der Waals surface area contributed by atoms with E-state index in [9.17, 15) is 4.79 Å². The second-order valence-electron chi connectivity index (χ2n) is 4.67. The normalized spacial score (nSPS) is 10.0. The molecule has 110 valence electrons. The summed E-state index contributed by atoms with van der Waals surface area (Å²) in [4.78, 5) is 22.4. The van der Waals surface area contributed by atoms with Crippen LogP contribution in [0.3, 0.4) is 0 Å². The predicted octanol–water partition coefficient (Wildman–Crippen LogP) is 1.73. The smallest absolute Gasteiger partial charge is 0.230 e. The first-order valence-electron chi connectivity index (χ1n) is 6.52. The Kier molecular flexibility index (Phi) is 4.71. The van der Waals surface area contributed by atoms with Crippen molar-refractivity contribution in [3.8, 4) is 5.88 Å². The molecule has 0 aromatic carbocycles. The fourth-order valence-corrected chi connectivity index (χ4v) is 1.88. The summed E-state index contributed by atoms with van der Waals surface area (Å²) in [5.41, 5.74) is 1.33. The van der Waals surface area contributed by atoms with Crippen molar-refractivity contribution < 1.29 is 9.53 Å². The highest BCUT2D eigenvalue weighted by atomic mass is 16.5. The Labute approximate surface area is 123 Å². The van der Waals surface area contributed by atoms with Gasteiger partial charge in [0.25, 0.3) is 0 Å². The van der Waals surface area contributed by atoms with E-state index in [1.165, 1.54) is 0 Å². The molecule has 2 rings (SSSR count). The summed E-state index contributed by atoms with van der Waals surface area (Å²) in [7, 11) is 5.30. The molecule has 0 saturated heterocycles. The summed E-state index contributed by atoms with van der Waals surface area (Å²) in [6.07, 6.45) is 1.87. The fraction of sp³-hybridized carbons (Fsp3) is 0.267. The van der Waals surface area contributed by atoms with Crippen LogP contribution in [0.1, 0.15) is 5.69 Å². The molecule has 0 aliphatic rings. The minimum Gasteiger partial charge on any atom is -0.481 e. The molecule has 2 aromatic rings. The Morgan fingerprint density at radius 2 is 2.10 bits per heavy atom. The molecule has 0 saturated carbocycles. The van der Waals surface area contributed by atoms with Crippen molar-refractivity contribution in [1.29, 1.82) is 0 Å². The van der Waals surface area contributed by atoms with Crippen molar-refractivity contribution in [3.63, 3.8) is 0 Å². The van der Waals surface area contributed by atoms with E-state index in [0.29, 0.717) is 23.1 Å². The molecule has 1 N–H and O–H groups in total. The van der Waals surface area contributed by atoms with Crippen LogP contribution in [0, 0.1) is 0 Å². The zero-order chi connectivity index (χ0) is 15.2. The number of aromatic nitrogens is 2. The van der Waals surface area contributed by atoms with Crippen LogP contribution in [0.4, 0.5) is 11.5 Å². The van der Waals surface area contributed by atoms with E-state index >= 15 is 0 Å². The zero-order valence-electron chi connectivity index (χ0n) is 12.3. The van der Waals surface area contributed by atoms with Crippen molar-refractivity contribution >= 4 is 17.4 Å². The molecule has 2 aromatic heterocycles. The number of amides is 1. The van der Waals surface area contributed by atoms with Gasteiger partial charge >= 0.3 is 0 Å². The minimum atomic E-state index is -0.146. The van der Waals surface area contributed by atoms with E-state index in [1.807, 2.05) is 31.1 Å². The highest BCUT2D eigenvalue weighted by Gasteiger charge is 2.10.